The standard InChI is InChI=1S/C48H76NO9P/c1-6-8-10-12-14-15-16-17-18-19-20-25-28-32-36-40-48(52)58-46(44-57-59(53,54)56-42-41-49(3,4)5)43-55-47(51)39-35-31-27-24-22-21-23-26-30-34-38-45(50)37-33-29-13-11-9-7-2/h8-11,14-15,17-18,20-22,25-27,29-31,33-34,38,45-46,50H,6-7,12-13,16,19,23-24,28,32,35-37,39-44H2,1-5H3/p+1/b10-8-,11-9-,15-14-,18-17-,22-21-,25-20-,30-26-,31-27-,33-29-,38-34+/t45?,46-/m1/s1. The molecule has 59 heavy (non-hydrogen) atoms. The van der Waals surface area contributed by atoms with Crippen LogP contribution < -0.4 is 0 Å². The van der Waals surface area contributed by atoms with Crippen LogP contribution >= 0.6 is 7.82 Å². The number of carbonyl (C=O) groups is 2. The zero-order valence-corrected chi connectivity index (χ0v) is 37.7. The van der Waals surface area contributed by atoms with E-state index in [1.807, 2.05) is 69.8 Å². The molecule has 3 atom stereocenters. The highest BCUT2D eigenvalue weighted by Gasteiger charge is 2.27. The molecule has 0 aliphatic rings. The number of phosphoric ester groups is 1. The van der Waals surface area contributed by atoms with Crippen molar-refractivity contribution in [3.8, 4) is 0 Å². The van der Waals surface area contributed by atoms with E-state index in [2.05, 4.69) is 80.7 Å². The highest BCUT2D eigenvalue weighted by molar-refractivity contribution is 7.47. The highest BCUT2D eigenvalue weighted by atomic mass is 31.2. The molecule has 0 aliphatic carbocycles. The zero-order chi connectivity index (χ0) is 43.7. The Labute approximate surface area is 357 Å². The largest absolute Gasteiger partial charge is 0.472 e. The van der Waals surface area contributed by atoms with E-state index in [1.165, 1.54) is 0 Å². The third-order valence-corrected chi connectivity index (χ3v) is 9.07. The number of esters is 2. The Hall–Kier alpha value is -3.63. The molecule has 0 aromatic carbocycles. The summed E-state index contributed by atoms with van der Waals surface area (Å²) >= 11 is 0. The number of ether oxygens (including phenoxy) is 2. The second-order valence-electron chi connectivity index (χ2n) is 14.8. The maximum Gasteiger partial charge on any atom is 0.472 e. The smallest absolute Gasteiger partial charge is 0.462 e. The summed E-state index contributed by atoms with van der Waals surface area (Å²) in [7, 11) is 1.36. The first-order chi connectivity index (χ1) is 28.4. The van der Waals surface area contributed by atoms with Gasteiger partial charge in [0.05, 0.1) is 33.9 Å². The second kappa shape index (κ2) is 38.6. The molecule has 0 aromatic heterocycles. The number of unbranched alkanes of at least 4 members (excludes halogenated alkanes) is 2. The molecule has 11 heteroatoms. The number of likely N-dealkylation sites (N-methyl/N-ethyl adjacent to an activating group) is 1. The van der Waals surface area contributed by atoms with Crippen molar-refractivity contribution in [2.75, 3.05) is 47.5 Å². The number of hydrogen-bond donors (Lipinski definition) is 2. The molecule has 2 unspecified atom stereocenters. The minimum Gasteiger partial charge on any atom is -0.462 e. The molecule has 0 saturated carbocycles. The van der Waals surface area contributed by atoms with Crippen LogP contribution in [0.2, 0.25) is 0 Å². The van der Waals surface area contributed by atoms with E-state index in [0.717, 1.165) is 57.8 Å². The molecule has 332 valence electrons. The van der Waals surface area contributed by atoms with Gasteiger partial charge in [-0.25, -0.2) is 4.57 Å². The van der Waals surface area contributed by atoms with Gasteiger partial charge >= 0.3 is 19.8 Å². The number of nitrogens with zero attached hydrogens (tertiary/aromatic N) is 1. The van der Waals surface area contributed by atoms with Crippen molar-refractivity contribution in [2.24, 2.45) is 0 Å². The molecule has 0 amide bonds. The number of quaternary nitrogens is 1. The molecule has 0 aromatic rings. The van der Waals surface area contributed by atoms with E-state index in [-0.39, 0.29) is 26.1 Å². The average Bonchev–Trinajstić information content (AvgIpc) is 3.18. The molecular formula is C48H77NO9P+. The number of allylic oxidation sites excluding steroid dienone is 18. The topological polar surface area (TPSA) is 129 Å². The van der Waals surface area contributed by atoms with Gasteiger partial charge in [-0.05, 0) is 83.5 Å². The fourth-order valence-electron chi connectivity index (χ4n) is 4.76. The lowest BCUT2D eigenvalue weighted by molar-refractivity contribution is -0.870. The summed E-state index contributed by atoms with van der Waals surface area (Å²) < 4.78 is 34.1. The van der Waals surface area contributed by atoms with Gasteiger partial charge in [0.2, 0.25) is 0 Å². The third-order valence-electron chi connectivity index (χ3n) is 8.08. The lowest BCUT2D eigenvalue weighted by atomic mass is 10.2. The molecule has 0 aliphatic heterocycles. The van der Waals surface area contributed by atoms with Crippen molar-refractivity contribution >= 4 is 19.8 Å². The summed E-state index contributed by atoms with van der Waals surface area (Å²) in [5.74, 6) is -0.992. The van der Waals surface area contributed by atoms with Crippen LogP contribution in [0.4, 0.5) is 0 Å². The van der Waals surface area contributed by atoms with Crippen LogP contribution in [0.25, 0.3) is 0 Å². The molecule has 0 heterocycles. The highest BCUT2D eigenvalue weighted by Crippen LogP contribution is 2.43. The quantitative estimate of drug-likeness (QED) is 0.0158. The maximum atomic E-state index is 12.7. The Morgan fingerprint density at radius 1 is 0.610 bits per heavy atom. The van der Waals surface area contributed by atoms with Gasteiger partial charge in [-0.2, -0.15) is 0 Å². The zero-order valence-electron chi connectivity index (χ0n) is 36.8. The normalized spacial score (nSPS) is 15.3. The average molecular weight is 843 g/mol. The molecule has 0 fully saturated rings. The van der Waals surface area contributed by atoms with Crippen molar-refractivity contribution in [3.63, 3.8) is 0 Å². The molecular weight excluding hydrogens is 766 g/mol. The van der Waals surface area contributed by atoms with Crippen LogP contribution in [0.3, 0.4) is 0 Å². The Morgan fingerprint density at radius 2 is 1.14 bits per heavy atom. The predicted octanol–water partition coefficient (Wildman–Crippen LogP) is 11.1. The second-order valence-corrected chi connectivity index (χ2v) is 16.3. The van der Waals surface area contributed by atoms with Crippen molar-refractivity contribution < 1.29 is 47.2 Å². The Morgan fingerprint density at radius 3 is 1.71 bits per heavy atom. The van der Waals surface area contributed by atoms with E-state index in [1.54, 1.807) is 6.08 Å². The number of aliphatic hydroxyl groups is 1. The summed E-state index contributed by atoms with van der Waals surface area (Å²) in [6.07, 6.45) is 50.1. The number of phosphoric acid groups is 1. The summed E-state index contributed by atoms with van der Waals surface area (Å²) in [6.45, 7) is 3.93. The van der Waals surface area contributed by atoms with Gasteiger partial charge in [0.15, 0.2) is 6.10 Å². The third kappa shape index (κ3) is 42.3. The van der Waals surface area contributed by atoms with Crippen molar-refractivity contribution in [2.45, 2.75) is 122 Å². The van der Waals surface area contributed by atoms with Gasteiger partial charge in [0.25, 0.3) is 0 Å². The van der Waals surface area contributed by atoms with Crippen LogP contribution in [0, 0.1) is 0 Å². The minimum absolute atomic E-state index is 0.00382. The lowest BCUT2D eigenvalue weighted by Crippen LogP contribution is -2.37. The first-order valence-corrected chi connectivity index (χ1v) is 22.9. The van der Waals surface area contributed by atoms with Gasteiger partial charge in [0, 0.05) is 12.8 Å². The van der Waals surface area contributed by atoms with E-state index in [0.29, 0.717) is 36.7 Å². The van der Waals surface area contributed by atoms with Gasteiger partial charge in [-0.1, -0.05) is 135 Å². The van der Waals surface area contributed by atoms with Crippen LogP contribution in [-0.2, 0) is 32.7 Å². The number of hydrogen-bond acceptors (Lipinski definition) is 8. The summed E-state index contributed by atoms with van der Waals surface area (Å²) in [5.41, 5.74) is 0. The van der Waals surface area contributed by atoms with Gasteiger partial charge < -0.3 is 24.0 Å². The summed E-state index contributed by atoms with van der Waals surface area (Å²) in [4.78, 5) is 35.3. The summed E-state index contributed by atoms with van der Waals surface area (Å²) in [5, 5.41) is 10.0. The molecule has 2 N–H and O–H groups in total. The monoisotopic (exact) mass is 843 g/mol. The van der Waals surface area contributed by atoms with Crippen LogP contribution in [0.15, 0.2) is 122 Å². The van der Waals surface area contributed by atoms with E-state index >= 15 is 0 Å². The van der Waals surface area contributed by atoms with Gasteiger partial charge in [0.1, 0.15) is 19.8 Å². The molecule has 0 radical (unpaired) electrons. The fraction of sp³-hybridized carbons (Fsp3) is 0.542. The van der Waals surface area contributed by atoms with Crippen LogP contribution in [0.1, 0.15) is 110 Å². The van der Waals surface area contributed by atoms with Crippen LogP contribution in [0.5, 0.6) is 0 Å². The van der Waals surface area contributed by atoms with E-state index < -0.39 is 38.6 Å². The van der Waals surface area contributed by atoms with Crippen molar-refractivity contribution in [1.29, 1.82) is 0 Å². The number of rotatable bonds is 36. The Balaban J connectivity index is 4.65. The van der Waals surface area contributed by atoms with Crippen LogP contribution in [-0.4, -0.2) is 86.1 Å². The lowest BCUT2D eigenvalue weighted by Gasteiger charge is -2.24. The van der Waals surface area contributed by atoms with Crippen molar-refractivity contribution in [1.82, 2.24) is 0 Å². The first-order valence-electron chi connectivity index (χ1n) is 21.4. The minimum atomic E-state index is -4.42. The molecule has 0 bridgehead atoms. The van der Waals surface area contributed by atoms with Gasteiger partial charge in [-0.3, -0.25) is 18.6 Å². The molecule has 0 saturated heterocycles. The molecule has 0 spiro atoms. The van der Waals surface area contributed by atoms with E-state index in [4.69, 9.17) is 18.5 Å². The first kappa shape index (κ1) is 55.4. The predicted molar refractivity (Wildman–Crippen MR) is 243 cm³/mol. The van der Waals surface area contributed by atoms with Gasteiger partial charge in [-0.15, -0.1) is 0 Å². The number of aliphatic hydroxyl groups excluding tert-OH is 1. The maximum absolute atomic E-state index is 12.7. The van der Waals surface area contributed by atoms with E-state index in [9.17, 15) is 24.2 Å². The Kier molecular flexibility index (Phi) is 36.2. The van der Waals surface area contributed by atoms with Crippen molar-refractivity contribution in [3.05, 3.63) is 122 Å². The SMILES string of the molecule is CC/C=C\C/C=C\C/C=C\C/C=C\CCCCC(=O)O[C@H](COC(=O)CC/C=C\C/C=C\C/C=C\C=C\C(O)C/C=C\C/C=C\CC)COP(=O)(O)OCC[N+](C)(C)C. The number of carbonyl (C=O) groups excluding carboxylic acids is 2. The summed E-state index contributed by atoms with van der Waals surface area (Å²) in [6, 6.07) is 0. The Bertz CT molecular complexity index is 1430. The molecule has 0 rings (SSSR count). The molecule has 10 nitrogen and oxygen atoms in total. The fourth-order valence-corrected chi connectivity index (χ4v) is 5.50.